The number of piperidine rings is 1. The summed E-state index contributed by atoms with van der Waals surface area (Å²) in [4.78, 5) is 2.59. The number of hydrogen-bond donors (Lipinski definition) is 1. The second kappa shape index (κ2) is 7.14. The van der Waals surface area contributed by atoms with Gasteiger partial charge in [-0.3, -0.25) is 4.90 Å². The number of nitrogens with zero attached hydrogens (tertiary/aromatic N) is 1. The van der Waals surface area contributed by atoms with Gasteiger partial charge in [0.2, 0.25) is 0 Å². The number of benzene rings is 1. The highest BCUT2D eigenvalue weighted by Crippen LogP contribution is 2.28. The lowest BCUT2D eigenvalue weighted by molar-refractivity contribution is 0.104. The number of fused-ring (bicyclic) bond motifs is 1. The van der Waals surface area contributed by atoms with Crippen molar-refractivity contribution in [3.63, 3.8) is 0 Å². The van der Waals surface area contributed by atoms with E-state index in [2.05, 4.69) is 10.2 Å². The molecule has 4 nitrogen and oxygen atoms in total. The molecule has 0 saturated carbocycles. The average Bonchev–Trinajstić information content (AvgIpc) is 2.99. The minimum absolute atomic E-state index is 0.669. The van der Waals surface area contributed by atoms with E-state index >= 15 is 0 Å². The zero-order chi connectivity index (χ0) is 14.5. The van der Waals surface area contributed by atoms with Crippen molar-refractivity contribution in [1.82, 2.24) is 10.2 Å². The van der Waals surface area contributed by atoms with E-state index in [4.69, 9.17) is 9.47 Å². The molecule has 0 radical (unpaired) electrons. The third-order valence-corrected chi connectivity index (χ3v) is 4.58. The van der Waals surface area contributed by atoms with Gasteiger partial charge in [-0.25, -0.2) is 0 Å². The molecule has 2 atom stereocenters. The molecular formula is C17H26N2O2. The molecule has 0 aliphatic carbocycles. The lowest BCUT2D eigenvalue weighted by Crippen LogP contribution is -2.46. The van der Waals surface area contributed by atoms with E-state index in [9.17, 15) is 0 Å². The number of likely N-dealkylation sites (tertiary alicyclic amines) is 1. The van der Waals surface area contributed by atoms with Crippen molar-refractivity contribution in [2.75, 3.05) is 39.4 Å². The highest BCUT2D eigenvalue weighted by Gasteiger charge is 2.34. The molecule has 21 heavy (non-hydrogen) atoms. The maximum absolute atomic E-state index is 5.95. The van der Waals surface area contributed by atoms with E-state index in [1.807, 2.05) is 31.2 Å². The molecule has 1 aromatic carbocycles. The van der Waals surface area contributed by atoms with E-state index in [0.29, 0.717) is 12.6 Å². The molecular weight excluding hydrogens is 264 g/mol. The van der Waals surface area contributed by atoms with Gasteiger partial charge in [-0.1, -0.05) is 12.1 Å². The second-order valence-electron chi connectivity index (χ2n) is 5.89. The Hall–Kier alpha value is -1.26. The summed E-state index contributed by atoms with van der Waals surface area (Å²) in [5, 5.41) is 3.53. The monoisotopic (exact) mass is 290 g/mol. The fraction of sp³-hybridized carbons (Fsp3) is 0.647. The molecule has 4 heteroatoms. The van der Waals surface area contributed by atoms with Crippen molar-refractivity contribution in [2.45, 2.75) is 25.8 Å². The third kappa shape index (κ3) is 3.50. The van der Waals surface area contributed by atoms with Gasteiger partial charge in [0.05, 0.1) is 6.61 Å². The average molecular weight is 290 g/mol. The van der Waals surface area contributed by atoms with Gasteiger partial charge in [-0.15, -0.1) is 0 Å². The maximum Gasteiger partial charge on any atom is 0.161 e. The highest BCUT2D eigenvalue weighted by molar-refractivity contribution is 5.39. The summed E-state index contributed by atoms with van der Waals surface area (Å²) in [6.45, 7) is 7.94. The summed E-state index contributed by atoms with van der Waals surface area (Å²) < 4.78 is 11.6. The lowest BCUT2D eigenvalue weighted by atomic mass is 9.92. The van der Waals surface area contributed by atoms with E-state index in [1.54, 1.807) is 0 Å². The molecule has 1 N–H and O–H groups in total. The van der Waals surface area contributed by atoms with Crippen molar-refractivity contribution >= 4 is 0 Å². The van der Waals surface area contributed by atoms with E-state index < -0.39 is 0 Å². The molecule has 0 aromatic heterocycles. The summed E-state index contributed by atoms with van der Waals surface area (Å²) in [5.41, 5.74) is 0. The van der Waals surface area contributed by atoms with Crippen molar-refractivity contribution in [3.8, 4) is 11.5 Å². The molecule has 2 aliphatic heterocycles. The first kappa shape index (κ1) is 14.7. The molecule has 2 aliphatic rings. The molecule has 1 aromatic rings. The van der Waals surface area contributed by atoms with Crippen molar-refractivity contribution in [1.29, 1.82) is 0 Å². The molecule has 0 amide bonds. The van der Waals surface area contributed by atoms with Gasteiger partial charge in [-0.2, -0.15) is 0 Å². The maximum atomic E-state index is 5.95. The highest BCUT2D eigenvalue weighted by atomic mass is 16.5. The first-order chi connectivity index (χ1) is 10.4. The Balaban J connectivity index is 1.51. The van der Waals surface area contributed by atoms with E-state index in [0.717, 1.165) is 37.1 Å². The van der Waals surface area contributed by atoms with Gasteiger partial charge < -0.3 is 14.8 Å². The predicted octanol–water partition coefficient (Wildman–Crippen LogP) is 2.15. The van der Waals surface area contributed by atoms with Gasteiger partial charge in [0, 0.05) is 19.1 Å². The standard InChI is InChI=1S/C17H26N2O2/c1-2-20-16-7-3-4-8-17(16)21-11-10-19-9-5-6-14-12-18-13-15(14)19/h3-4,7-8,14-15,18H,2,5-6,9-13H2,1H3. The quantitative estimate of drug-likeness (QED) is 0.870. The normalized spacial score (nSPS) is 25.6. The summed E-state index contributed by atoms with van der Waals surface area (Å²) >= 11 is 0. The minimum Gasteiger partial charge on any atom is -0.490 e. The van der Waals surface area contributed by atoms with Gasteiger partial charge in [0.25, 0.3) is 0 Å². The van der Waals surface area contributed by atoms with Crippen LogP contribution >= 0.6 is 0 Å². The zero-order valence-electron chi connectivity index (χ0n) is 12.9. The lowest BCUT2D eigenvalue weighted by Gasteiger charge is -2.36. The minimum atomic E-state index is 0.669. The molecule has 116 valence electrons. The Bertz CT molecular complexity index is 452. The first-order valence-corrected chi connectivity index (χ1v) is 8.18. The van der Waals surface area contributed by atoms with Crippen LogP contribution in [0.3, 0.4) is 0 Å². The van der Waals surface area contributed by atoms with Crippen LogP contribution in [0.15, 0.2) is 24.3 Å². The number of rotatable bonds is 6. The Morgan fingerprint density at radius 3 is 2.81 bits per heavy atom. The van der Waals surface area contributed by atoms with Crippen molar-refractivity contribution in [2.24, 2.45) is 5.92 Å². The largest absolute Gasteiger partial charge is 0.490 e. The summed E-state index contributed by atoms with van der Waals surface area (Å²) in [7, 11) is 0. The molecule has 0 bridgehead atoms. The summed E-state index contributed by atoms with van der Waals surface area (Å²) in [5.74, 6) is 2.55. The van der Waals surface area contributed by atoms with Crippen LogP contribution in [0.2, 0.25) is 0 Å². The Morgan fingerprint density at radius 1 is 1.19 bits per heavy atom. The summed E-state index contributed by atoms with van der Waals surface area (Å²) in [6, 6.07) is 8.65. The Labute approximate surface area is 127 Å². The predicted molar refractivity (Wildman–Crippen MR) is 84.1 cm³/mol. The van der Waals surface area contributed by atoms with Crippen molar-refractivity contribution in [3.05, 3.63) is 24.3 Å². The van der Waals surface area contributed by atoms with E-state index in [1.165, 1.54) is 25.9 Å². The van der Waals surface area contributed by atoms with Crippen LogP contribution in [0.5, 0.6) is 11.5 Å². The fourth-order valence-electron chi connectivity index (χ4n) is 3.56. The van der Waals surface area contributed by atoms with Crippen LogP contribution in [-0.2, 0) is 0 Å². The van der Waals surface area contributed by atoms with Gasteiger partial charge in [-0.05, 0) is 50.9 Å². The van der Waals surface area contributed by atoms with Gasteiger partial charge in [0.1, 0.15) is 6.61 Å². The van der Waals surface area contributed by atoms with Gasteiger partial charge in [0.15, 0.2) is 11.5 Å². The first-order valence-electron chi connectivity index (χ1n) is 8.18. The van der Waals surface area contributed by atoms with Crippen LogP contribution in [0.25, 0.3) is 0 Å². The smallest absolute Gasteiger partial charge is 0.161 e. The van der Waals surface area contributed by atoms with Crippen LogP contribution in [0, 0.1) is 5.92 Å². The van der Waals surface area contributed by atoms with Crippen LogP contribution in [-0.4, -0.2) is 50.3 Å². The molecule has 0 spiro atoms. The zero-order valence-corrected chi connectivity index (χ0v) is 12.9. The SMILES string of the molecule is CCOc1ccccc1OCCN1CCCC2CNCC21. The van der Waals surface area contributed by atoms with Crippen molar-refractivity contribution < 1.29 is 9.47 Å². The van der Waals surface area contributed by atoms with E-state index in [-0.39, 0.29) is 0 Å². The number of para-hydroxylation sites is 2. The van der Waals surface area contributed by atoms with Gasteiger partial charge >= 0.3 is 0 Å². The molecule has 3 rings (SSSR count). The topological polar surface area (TPSA) is 33.7 Å². The molecule has 2 saturated heterocycles. The number of ether oxygens (including phenoxy) is 2. The number of nitrogens with one attached hydrogen (secondary N) is 1. The van der Waals surface area contributed by atoms with Crippen LogP contribution < -0.4 is 14.8 Å². The number of hydrogen-bond acceptors (Lipinski definition) is 4. The molecule has 2 unspecified atom stereocenters. The Kier molecular flexibility index (Phi) is 4.99. The third-order valence-electron chi connectivity index (χ3n) is 4.58. The van der Waals surface area contributed by atoms with Crippen LogP contribution in [0.4, 0.5) is 0 Å². The second-order valence-corrected chi connectivity index (χ2v) is 5.89. The summed E-state index contributed by atoms with van der Waals surface area (Å²) in [6.07, 6.45) is 2.70. The van der Waals surface area contributed by atoms with Crippen LogP contribution in [0.1, 0.15) is 19.8 Å². The fourth-order valence-corrected chi connectivity index (χ4v) is 3.56. The molecule has 2 heterocycles. The molecule has 2 fully saturated rings. The Morgan fingerprint density at radius 2 is 2.00 bits per heavy atom.